The van der Waals surface area contributed by atoms with Crippen molar-refractivity contribution in [2.45, 2.75) is 45.5 Å². The predicted molar refractivity (Wildman–Crippen MR) is 44.6 cm³/mol. The molecule has 4 atom stereocenters. The maximum atomic E-state index is 5.70. The number of rotatable bonds is 2. The van der Waals surface area contributed by atoms with Crippen LogP contribution in [0.3, 0.4) is 0 Å². The highest BCUT2D eigenvalue weighted by atomic mass is 16.6. The van der Waals surface area contributed by atoms with Crippen LogP contribution in [-0.2, 0) is 9.47 Å². The van der Waals surface area contributed by atoms with Crippen LogP contribution in [0.25, 0.3) is 0 Å². The van der Waals surface area contributed by atoms with Crippen LogP contribution in [0, 0.1) is 5.92 Å². The van der Waals surface area contributed by atoms with Gasteiger partial charge in [-0.15, -0.1) is 0 Å². The summed E-state index contributed by atoms with van der Waals surface area (Å²) in [7, 11) is 1.76. The van der Waals surface area contributed by atoms with Crippen LogP contribution in [0.1, 0.15) is 27.2 Å². The second-order valence-electron chi connectivity index (χ2n) is 3.35. The molecule has 0 bridgehead atoms. The van der Waals surface area contributed by atoms with E-state index in [1.807, 2.05) is 0 Å². The lowest BCUT2D eigenvalue weighted by Crippen LogP contribution is -2.25. The van der Waals surface area contributed by atoms with E-state index in [9.17, 15) is 0 Å². The van der Waals surface area contributed by atoms with Crippen molar-refractivity contribution >= 4 is 0 Å². The van der Waals surface area contributed by atoms with E-state index in [0.717, 1.165) is 6.42 Å². The lowest BCUT2D eigenvalue weighted by molar-refractivity contribution is 0.00489. The Labute approximate surface area is 68.9 Å². The lowest BCUT2D eigenvalue weighted by Gasteiger charge is -2.16. The molecule has 1 unspecified atom stereocenters. The maximum absolute atomic E-state index is 5.70. The van der Waals surface area contributed by atoms with Crippen LogP contribution in [0.5, 0.6) is 0 Å². The number of methoxy groups -OCH3 is 1. The molecule has 0 N–H and O–H groups in total. The fourth-order valence-corrected chi connectivity index (χ4v) is 1.99. The monoisotopic (exact) mass is 158 g/mol. The third-order valence-corrected chi connectivity index (χ3v) is 2.63. The Morgan fingerprint density at radius 1 is 1.36 bits per heavy atom. The van der Waals surface area contributed by atoms with E-state index in [2.05, 4.69) is 20.8 Å². The van der Waals surface area contributed by atoms with Gasteiger partial charge in [-0.1, -0.05) is 13.8 Å². The highest BCUT2D eigenvalue weighted by Gasteiger charge is 2.38. The van der Waals surface area contributed by atoms with Crippen LogP contribution in [0.15, 0.2) is 0 Å². The summed E-state index contributed by atoms with van der Waals surface area (Å²) in [4.78, 5) is 0. The second-order valence-corrected chi connectivity index (χ2v) is 3.35. The molecule has 0 spiro atoms. The molecule has 0 radical (unpaired) electrons. The van der Waals surface area contributed by atoms with E-state index in [4.69, 9.17) is 9.47 Å². The normalized spacial score (nSPS) is 44.7. The quantitative estimate of drug-likeness (QED) is 0.610. The van der Waals surface area contributed by atoms with Crippen molar-refractivity contribution < 1.29 is 9.47 Å². The Morgan fingerprint density at radius 2 is 2.00 bits per heavy atom. The molecule has 0 aromatic carbocycles. The summed E-state index contributed by atoms with van der Waals surface area (Å²) in [5.74, 6) is 0.542. The molecule has 0 amide bonds. The average Bonchev–Trinajstić information content (AvgIpc) is 2.26. The number of ether oxygens (including phenoxy) is 2. The SMILES string of the molecule is CC[C@H]1O[C@@H](C)[C@@H](OC)C1C. The zero-order valence-corrected chi connectivity index (χ0v) is 7.83. The van der Waals surface area contributed by atoms with Crippen molar-refractivity contribution in [2.24, 2.45) is 5.92 Å². The molecule has 1 heterocycles. The van der Waals surface area contributed by atoms with E-state index in [-0.39, 0.29) is 6.10 Å². The molecular formula is C9H18O2. The molecule has 1 saturated heterocycles. The number of hydrogen-bond donors (Lipinski definition) is 0. The van der Waals surface area contributed by atoms with Gasteiger partial charge >= 0.3 is 0 Å². The molecule has 66 valence electrons. The first-order valence-electron chi connectivity index (χ1n) is 4.39. The van der Waals surface area contributed by atoms with Crippen molar-refractivity contribution in [3.63, 3.8) is 0 Å². The summed E-state index contributed by atoms with van der Waals surface area (Å²) in [6, 6.07) is 0. The summed E-state index contributed by atoms with van der Waals surface area (Å²) >= 11 is 0. The van der Waals surface area contributed by atoms with Gasteiger partial charge < -0.3 is 9.47 Å². The highest BCUT2D eigenvalue weighted by Crippen LogP contribution is 2.30. The smallest absolute Gasteiger partial charge is 0.0880 e. The third-order valence-electron chi connectivity index (χ3n) is 2.63. The van der Waals surface area contributed by atoms with Crippen molar-refractivity contribution in [3.8, 4) is 0 Å². The summed E-state index contributed by atoms with van der Waals surface area (Å²) in [5.41, 5.74) is 0. The Morgan fingerprint density at radius 3 is 2.27 bits per heavy atom. The van der Waals surface area contributed by atoms with Crippen molar-refractivity contribution in [2.75, 3.05) is 7.11 Å². The van der Waals surface area contributed by atoms with Gasteiger partial charge in [0.25, 0.3) is 0 Å². The first kappa shape index (κ1) is 9.01. The molecule has 0 aromatic rings. The predicted octanol–water partition coefficient (Wildman–Crippen LogP) is 1.83. The van der Waals surface area contributed by atoms with Crippen LogP contribution < -0.4 is 0 Å². The van der Waals surface area contributed by atoms with Gasteiger partial charge in [0, 0.05) is 13.0 Å². The molecule has 0 aromatic heterocycles. The Hall–Kier alpha value is -0.0800. The van der Waals surface area contributed by atoms with Crippen LogP contribution in [0.2, 0.25) is 0 Å². The Kier molecular flexibility index (Phi) is 2.90. The molecule has 1 rings (SSSR count). The molecule has 1 aliphatic rings. The Balaban J connectivity index is 2.55. The fraction of sp³-hybridized carbons (Fsp3) is 1.00. The standard InChI is InChI=1S/C9H18O2/c1-5-8-6(2)9(10-4)7(3)11-8/h6-9H,5H2,1-4H3/t6?,7-,8+,9-/m0/s1. The minimum absolute atomic E-state index is 0.264. The Bertz CT molecular complexity index is 125. The van der Waals surface area contributed by atoms with Gasteiger partial charge in [0.2, 0.25) is 0 Å². The van der Waals surface area contributed by atoms with Gasteiger partial charge in [-0.05, 0) is 13.3 Å². The molecule has 0 saturated carbocycles. The summed E-state index contributed by atoms with van der Waals surface area (Å²) in [6.07, 6.45) is 2.04. The van der Waals surface area contributed by atoms with Gasteiger partial charge in [-0.2, -0.15) is 0 Å². The first-order valence-corrected chi connectivity index (χ1v) is 4.39. The zero-order valence-electron chi connectivity index (χ0n) is 7.83. The highest BCUT2D eigenvalue weighted by molar-refractivity contribution is 4.85. The number of hydrogen-bond acceptors (Lipinski definition) is 2. The molecule has 1 fully saturated rings. The fourth-order valence-electron chi connectivity index (χ4n) is 1.99. The molecule has 2 heteroatoms. The molecule has 1 aliphatic heterocycles. The van der Waals surface area contributed by atoms with Crippen LogP contribution >= 0.6 is 0 Å². The van der Waals surface area contributed by atoms with E-state index in [1.165, 1.54) is 0 Å². The van der Waals surface area contributed by atoms with Crippen molar-refractivity contribution in [1.29, 1.82) is 0 Å². The van der Waals surface area contributed by atoms with Crippen molar-refractivity contribution in [3.05, 3.63) is 0 Å². The molecule has 11 heavy (non-hydrogen) atoms. The van der Waals surface area contributed by atoms with Gasteiger partial charge in [0.15, 0.2) is 0 Å². The van der Waals surface area contributed by atoms with E-state index in [1.54, 1.807) is 7.11 Å². The van der Waals surface area contributed by atoms with Crippen LogP contribution in [0.4, 0.5) is 0 Å². The van der Waals surface area contributed by atoms with Crippen LogP contribution in [-0.4, -0.2) is 25.4 Å². The van der Waals surface area contributed by atoms with E-state index in [0.29, 0.717) is 18.1 Å². The zero-order chi connectivity index (χ0) is 8.43. The maximum Gasteiger partial charge on any atom is 0.0880 e. The lowest BCUT2D eigenvalue weighted by atomic mass is 9.97. The van der Waals surface area contributed by atoms with Gasteiger partial charge in [-0.25, -0.2) is 0 Å². The third kappa shape index (κ3) is 1.57. The largest absolute Gasteiger partial charge is 0.378 e. The minimum atomic E-state index is 0.264. The topological polar surface area (TPSA) is 18.5 Å². The average molecular weight is 158 g/mol. The first-order chi connectivity index (χ1) is 5.20. The van der Waals surface area contributed by atoms with E-state index < -0.39 is 0 Å². The van der Waals surface area contributed by atoms with Gasteiger partial charge in [-0.3, -0.25) is 0 Å². The van der Waals surface area contributed by atoms with E-state index >= 15 is 0 Å². The molecular weight excluding hydrogens is 140 g/mol. The summed E-state index contributed by atoms with van der Waals surface area (Å²) in [6.45, 7) is 6.44. The molecule has 2 nitrogen and oxygen atoms in total. The van der Waals surface area contributed by atoms with Crippen molar-refractivity contribution in [1.82, 2.24) is 0 Å². The van der Waals surface area contributed by atoms with Gasteiger partial charge in [0.1, 0.15) is 0 Å². The van der Waals surface area contributed by atoms with Gasteiger partial charge in [0.05, 0.1) is 18.3 Å². The minimum Gasteiger partial charge on any atom is -0.378 e. The molecule has 0 aliphatic carbocycles. The second kappa shape index (κ2) is 3.55. The summed E-state index contributed by atoms with van der Waals surface area (Å²) in [5, 5.41) is 0. The summed E-state index contributed by atoms with van der Waals surface area (Å²) < 4.78 is 11.0.